The van der Waals surface area contributed by atoms with Crippen molar-refractivity contribution >= 4 is 11.6 Å². The van der Waals surface area contributed by atoms with E-state index in [0.717, 1.165) is 29.4 Å². The van der Waals surface area contributed by atoms with E-state index in [1.165, 1.54) is 0 Å². The van der Waals surface area contributed by atoms with Gasteiger partial charge in [-0.3, -0.25) is 4.68 Å². The zero-order chi connectivity index (χ0) is 13.9. The Hall–Kier alpha value is -0.540. The van der Waals surface area contributed by atoms with Crippen molar-refractivity contribution in [2.75, 3.05) is 6.54 Å². The molecule has 104 valence electrons. The van der Waals surface area contributed by atoms with E-state index in [-0.39, 0.29) is 0 Å². The molecule has 0 bridgehead atoms. The quantitative estimate of drug-likeness (QED) is 0.861. The minimum atomic E-state index is 0.447. The summed E-state index contributed by atoms with van der Waals surface area (Å²) in [4.78, 5) is 0. The molecule has 0 amide bonds. The maximum Gasteiger partial charge on any atom is 0.0847 e. The molecular formula is C14H26ClN3. The highest BCUT2D eigenvalue weighted by Gasteiger charge is 2.23. The van der Waals surface area contributed by atoms with Gasteiger partial charge in [0.2, 0.25) is 0 Å². The lowest BCUT2D eigenvalue weighted by molar-refractivity contribution is 0.297. The molecule has 0 saturated carbocycles. The predicted octanol–water partition coefficient (Wildman–Crippen LogP) is 3.19. The number of aromatic nitrogens is 2. The first kappa shape index (κ1) is 15.5. The molecule has 1 aromatic heterocycles. The van der Waals surface area contributed by atoms with Gasteiger partial charge in [-0.05, 0) is 25.3 Å². The van der Waals surface area contributed by atoms with Crippen molar-refractivity contribution < 1.29 is 0 Å². The highest BCUT2D eigenvalue weighted by Crippen LogP contribution is 2.24. The van der Waals surface area contributed by atoms with Crippen molar-refractivity contribution in [3.8, 4) is 0 Å². The molecule has 0 saturated heterocycles. The molecule has 1 rings (SSSR count). The maximum atomic E-state index is 6.33. The van der Waals surface area contributed by atoms with E-state index < -0.39 is 0 Å². The molecule has 2 unspecified atom stereocenters. The summed E-state index contributed by atoms with van der Waals surface area (Å²) in [5.41, 5.74) is 2.05. The second-order valence-electron chi connectivity index (χ2n) is 5.44. The number of nitrogens with zero attached hydrogens (tertiary/aromatic N) is 2. The number of aryl methyl sites for hydroxylation is 2. The molecule has 1 N–H and O–H groups in total. The second kappa shape index (κ2) is 6.58. The standard InChI is InChI=1S/C14H26ClN3/c1-7-16-12(10(4)9(2)3)8-13-14(15)11(5)17-18(13)6/h9-10,12,16H,7-8H2,1-6H3. The van der Waals surface area contributed by atoms with Crippen molar-refractivity contribution in [1.82, 2.24) is 15.1 Å². The number of rotatable bonds is 6. The van der Waals surface area contributed by atoms with E-state index in [4.69, 9.17) is 11.6 Å². The first-order chi connectivity index (χ1) is 8.38. The topological polar surface area (TPSA) is 29.9 Å². The Balaban J connectivity index is 2.89. The fourth-order valence-electron chi connectivity index (χ4n) is 2.28. The van der Waals surface area contributed by atoms with Crippen LogP contribution in [0.2, 0.25) is 5.02 Å². The van der Waals surface area contributed by atoms with Crippen LogP contribution in [0, 0.1) is 18.8 Å². The van der Waals surface area contributed by atoms with E-state index >= 15 is 0 Å². The summed E-state index contributed by atoms with van der Waals surface area (Å²) in [5.74, 6) is 1.26. The summed E-state index contributed by atoms with van der Waals surface area (Å²) in [6.45, 7) is 11.9. The van der Waals surface area contributed by atoms with Crippen molar-refractivity contribution in [3.05, 3.63) is 16.4 Å². The van der Waals surface area contributed by atoms with Crippen molar-refractivity contribution in [2.45, 2.75) is 47.1 Å². The van der Waals surface area contributed by atoms with Crippen LogP contribution in [0.4, 0.5) is 0 Å². The summed E-state index contributed by atoms with van der Waals surface area (Å²) in [5, 5.41) is 8.78. The maximum absolute atomic E-state index is 6.33. The van der Waals surface area contributed by atoms with Gasteiger partial charge in [-0.1, -0.05) is 39.3 Å². The van der Waals surface area contributed by atoms with Crippen LogP contribution in [-0.2, 0) is 13.5 Å². The summed E-state index contributed by atoms with van der Waals surface area (Å²) in [7, 11) is 1.97. The van der Waals surface area contributed by atoms with Crippen molar-refractivity contribution in [3.63, 3.8) is 0 Å². The number of halogens is 1. The molecule has 2 atom stereocenters. The zero-order valence-electron chi connectivity index (χ0n) is 12.4. The molecule has 3 nitrogen and oxygen atoms in total. The van der Waals surface area contributed by atoms with Gasteiger partial charge < -0.3 is 5.32 Å². The largest absolute Gasteiger partial charge is 0.314 e. The van der Waals surface area contributed by atoms with Crippen molar-refractivity contribution in [1.29, 1.82) is 0 Å². The summed E-state index contributed by atoms with van der Waals surface area (Å²) < 4.78 is 1.91. The zero-order valence-corrected chi connectivity index (χ0v) is 13.2. The number of likely N-dealkylation sites (N-methyl/N-ethyl adjacent to an activating group) is 1. The van der Waals surface area contributed by atoms with E-state index in [2.05, 4.69) is 38.1 Å². The molecular weight excluding hydrogens is 246 g/mol. The summed E-state index contributed by atoms with van der Waals surface area (Å²) in [6, 6.07) is 0.447. The SMILES string of the molecule is CCNC(Cc1c(Cl)c(C)nn1C)C(C)C(C)C. The van der Waals surface area contributed by atoms with Gasteiger partial charge in [0, 0.05) is 19.5 Å². The number of hydrogen-bond donors (Lipinski definition) is 1. The van der Waals surface area contributed by atoms with Gasteiger partial charge >= 0.3 is 0 Å². The van der Waals surface area contributed by atoms with Gasteiger partial charge in [-0.15, -0.1) is 0 Å². The fourth-order valence-corrected chi connectivity index (χ4v) is 2.52. The minimum Gasteiger partial charge on any atom is -0.314 e. The average molecular weight is 272 g/mol. The van der Waals surface area contributed by atoms with Crippen LogP contribution in [0.1, 0.15) is 39.1 Å². The third kappa shape index (κ3) is 3.48. The lowest BCUT2D eigenvalue weighted by Crippen LogP contribution is -2.39. The third-order valence-electron chi connectivity index (χ3n) is 3.83. The Labute approximate surface area is 116 Å². The molecule has 0 aliphatic carbocycles. The molecule has 1 aromatic rings. The van der Waals surface area contributed by atoms with Crippen LogP contribution in [0.3, 0.4) is 0 Å². The molecule has 0 aliphatic rings. The first-order valence-corrected chi connectivity index (χ1v) is 7.17. The Morgan fingerprint density at radius 2 is 1.94 bits per heavy atom. The van der Waals surface area contributed by atoms with Crippen LogP contribution in [-0.4, -0.2) is 22.4 Å². The van der Waals surface area contributed by atoms with Gasteiger partial charge in [0.15, 0.2) is 0 Å². The van der Waals surface area contributed by atoms with E-state index in [9.17, 15) is 0 Å². The lowest BCUT2D eigenvalue weighted by atomic mass is 9.87. The highest BCUT2D eigenvalue weighted by molar-refractivity contribution is 6.31. The molecule has 0 radical (unpaired) electrons. The van der Waals surface area contributed by atoms with Crippen LogP contribution >= 0.6 is 11.6 Å². The van der Waals surface area contributed by atoms with Gasteiger partial charge in [0.05, 0.1) is 16.4 Å². The normalized spacial score (nSPS) is 15.1. The van der Waals surface area contributed by atoms with Crippen molar-refractivity contribution in [2.24, 2.45) is 18.9 Å². The Bertz CT molecular complexity index is 385. The minimum absolute atomic E-state index is 0.447. The van der Waals surface area contributed by atoms with Gasteiger partial charge in [-0.25, -0.2) is 0 Å². The molecule has 0 spiro atoms. The Morgan fingerprint density at radius 1 is 1.33 bits per heavy atom. The average Bonchev–Trinajstić information content (AvgIpc) is 2.54. The number of hydrogen-bond acceptors (Lipinski definition) is 2. The fraction of sp³-hybridized carbons (Fsp3) is 0.786. The number of nitrogens with one attached hydrogen (secondary N) is 1. The summed E-state index contributed by atoms with van der Waals surface area (Å²) in [6.07, 6.45) is 0.934. The van der Waals surface area contributed by atoms with Crippen LogP contribution in [0.25, 0.3) is 0 Å². The first-order valence-electron chi connectivity index (χ1n) is 6.79. The second-order valence-corrected chi connectivity index (χ2v) is 5.82. The monoisotopic (exact) mass is 271 g/mol. The van der Waals surface area contributed by atoms with Gasteiger partial charge in [0.25, 0.3) is 0 Å². The van der Waals surface area contributed by atoms with Crippen LogP contribution < -0.4 is 5.32 Å². The smallest absolute Gasteiger partial charge is 0.0847 e. The molecule has 18 heavy (non-hydrogen) atoms. The van der Waals surface area contributed by atoms with E-state index in [1.807, 2.05) is 18.7 Å². The predicted molar refractivity (Wildman–Crippen MR) is 78.1 cm³/mol. The molecule has 0 aromatic carbocycles. The van der Waals surface area contributed by atoms with E-state index in [0.29, 0.717) is 17.9 Å². The molecule has 4 heteroatoms. The van der Waals surface area contributed by atoms with Crippen LogP contribution in [0.15, 0.2) is 0 Å². The Kier molecular flexibility index (Phi) is 5.67. The summed E-state index contributed by atoms with van der Waals surface area (Å²) >= 11 is 6.33. The van der Waals surface area contributed by atoms with E-state index in [1.54, 1.807) is 0 Å². The van der Waals surface area contributed by atoms with Gasteiger partial charge in [-0.2, -0.15) is 5.10 Å². The van der Waals surface area contributed by atoms with Crippen LogP contribution in [0.5, 0.6) is 0 Å². The van der Waals surface area contributed by atoms with Gasteiger partial charge in [0.1, 0.15) is 0 Å². The third-order valence-corrected chi connectivity index (χ3v) is 4.32. The molecule has 0 fully saturated rings. The lowest BCUT2D eigenvalue weighted by Gasteiger charge is -2.28. The molecule has 1 heterocycles. The highest BCUT2D eigenvalue weighted by atomic mass is 35.5. The Morgan fingerprint density at radius 3 is 2.33 bits per heavy atom. The molecule has 0 aliphatic heterocycles.